The molecule has 0 saturated carbocycles. The van der Waals surface area contributed by atoms with E-state index in [4.69, 9.17) is 9.47 Å². The van der Waals surface area contributed by atoms with Crippen molar-refractivity contribution in [1.82, 2.24) is 0 Å². The maximum Gasteiger partial charge on any atom is 0.222 e. The number of rotatable bonds is 6. The second-order valence-electron chi connectivity index (χ2n) is 3.57. The van der Waals surface area contributed by atoms with Crippen LogP contribution in [0, 0.1) is 12.7 Å². The quantitative estimate of drug-likeness (QED) is 0.566. The third-order valence-corrected chi connectivity index (χ3v) is 2.32. The molecular formula is C13H17FO3. The monoisotopic (exact) mass is 240 g/mol. The van der Waals surface area contributed by atoms with Crippen molar-refractivity contribution >= 4 is 5.78 Å². The number of Topliss-reactive ketones (excluding diaryl/α,β-unsaturated/α-hetero) is 1. The molecule has 0 aliphatic carbocycles. The van der Waals surface area contributed by atoms with E-state index < -0.39 is 12.1 Å². The third-order valence-electron chi connectivity index (χ3n) is 2.32. The van der Waals surface area contributed by atoms with Gasteiger partial charge in [0.2, 0.25) is 12.1 Å². The molecule has 0 atom stereocenters. The van der Waals surface area contributed by atoms with Gasteiger partial charge < -0.3 is 9.47 Å². The van der Waals surface area contributed by atoms with Crippen molar-refractivity contribution in [2.75, 3.05) is 13.2 Å². The van der Waals surface area contributed by atoms with Crippen LogP contribution in [0.1, 0.15) is 29.8 Å². The number of ketones is 1. The molecule has 0 spiro atoms. The fourth-order valence-corrected chi connectivity index (χ4v) is 1.49. The number of hydrogen-bond acceptors (Lipinski definition) is 3. The third kappa shape index (κ3) is 3.61. The number of carbonyl (C=O) groups is 1. The van der Waals surface area contributed by atoms with Gasteiger partial charge in [-0.2, -0.15) is 0 Å². The van der Waals surface area contributed by atoms with Crippen molar-refractivity contribution in [3.8, 4) is 0 Å². The molecule has 0 heterocycles. The van der Waals surface area contributed by atoms with Crippen LogP contribution in [-0.4, -0.2) is 25.3 Å². The van der Waals surface area contributed by atoms with Gasteiger partial charge in [-0.05, 0) is 38.5 Å². The number of benzene rings is 1. The molecule has 0 aliphatic rings. The van der Waals surface area contributed by atoms with Crippen LogP contribution in [0.5, 0.6) is 0 Å². The minimum Gasteiger partial charge on any atom is -0.346 e. The van der Waals surface area contributed by atoms with Crippen LogP contribution in [-0.2, 0) is 9.47 Å². The topological polar surface area (TPSA) is 35.5 Å². The summed E-state index contributed by atoms with van der Waals surface area (Å²) in [6, 6.07) is 4.10. The van der Waals surface area contributed by atoms with Gasteiger partial charge in [0.15, 0.2) is 0 Å². The van der Waals surface area contributed by atoms with E-state index in [-0.39, 0.29) is 5.78 Å². The average Bonchev–Trinajstić information content (AvgIpc) is 2.31. The van der Waals surface area contributed by atoms with Gasteiger partial charge in [-0.25, -0.2) is 4.39 Å². The van der Waals surface area contributed by atoms with E-state index in [1.54, 1.807) is 26.8 Å². The molecule has 17 heavy (non-hydrogen) atoms. The minimum atomic E-state index is -0.953. The summed E-state index contributed by atoms with van der Waals surface area (Å²) in [6.07, 6.45) is -0.953. The Kier molecular flexibility index (Phi) is 5.25. The molecule has 0 aromatic heterocycles. The molecule has 0 unspecified atom stereocenters. The Morgan fingerprint density at radius 3 is 2.41 bits per heavy atom. The molecule has 0 aliphatic heterocycles. The summed E-state index contributed by atoms with van der Waals surface area (Å²) in [5, 5.41) is 0. The van der Waals surface area contributed by atoms with Crippen LogP contribution in [0.15, 0.2) is 18.2 Å². The molecule has 1 aromatic carbocycles. The zero-order chi connectivity index (χ0) is 12.8. The van der Waals surface area contributed by atoms with E-state index in [9.17, 15) is 9.18 Å². The van der Waals surface area contributed by atoms with Crippen molar-refractivity contribution in [3.05, 3.63) is 35.1 Å². The smallest absolute Gasteiger partial charge is 0.222 e. The Bertz CT molecular complexity index is 384. The van der Waals surface area contributed by atoms with Crippen LogP contribution >= 0.6 is 0 Å². The molecule has 4 heteroatoms. The van der Waals surface area contributed by atoms with Gasteiger partial charge in [0.05, 0.1) is 0 Å². The number of carbonyl (C=O) groups excluding carboxylic acids is 1. The second kappa shape index (κ2) is 6.47. The van der Waals surface area contributed by atoms with Crippen LogP contribution in [0.4, 0.5) is 4.39 Å². The van der Waals surface area contributed by atoms with E-state index >= 15 is 0 Å². The lowest BCUT2D eigenvalue weighted by Gasteiger charge is -2.16. The Morgan fingerprint density at radius 2 is 1.88 bits per heavy atom. The molecular weight excluding hydrogens is 223 g/mol. The number of halogens is 1. The van der Waals surface area contributed by atoms with E-state index in [1.807, 2.05) is 0 Å². The van der Waals surface area contributed by atoms with Gasteiger partial charge in [-0.3, -0.25) is 4.79 Å². The van der Waals surface area contributed by atoms with Gasteiger partial charge in [0.25, 0.3) is 0 Å². The average molecular weight is 240 g/mol. The summed E-state index contributed by atoms with van der Waals surface area (Å²) >= 11 is 0. The summed E-state index contributed by atoms with van der Waals surface area (Å²) in [5.41, 5.74) is 1.01. The van der Waals surface area contributed by atoms with Crippen LogP contribution in [0.2, 0.25) is 0 Å². The normalized spacial score (nSPS) is 10.9. The van der Waals surface area contributed by atoms with Gasteiger partial charge >= 0.3 is 0 Å². The predicted octanol–water partition coefficient (Wildman–Crippen LogP) is 2.72. The fourth-order valence-electron chi connectivity index (χ4n) is 1.49. The summed E-state index contributed by atoms with van der Waals surface area (Å²) < 4.78 is 23.5. The van der Waals surface area contributed by atoms with Crippen LogP contribution in [0.25, 0.3) is 0 Å². The van der Waals surface area contributed by atoms with Crippen LogP contribution in [0.3, 0.4) is 0 Å². The second-order valence-corrected chi connectivity index (χ2v) is 3.57. The molecule has 0 bridgehead atoms. The van der Waals surface area contributed by atoms with Gasteiger partial charge in [-0.1, -0.05) is 6.07 Å². The lowest BCUT2D eigenvalue weighted by molar-refractivity contribution is -0.107. The summed E-state index contributed by atoms with van der Waals surface area (Å²) in [6.45, 7) is 6.03. The highest BCUT2D eigenvalue weighted by atomic mass is 19.1. The molecule has 94 valence electrons. The van der Waals surface area contributed by atoms with Crippen molar-refractivity contribution < 1.29 is 18.7 Å². The molecule has 0 fully saturated rings. The highest BCUT2D eigenvalue weighted by Crippen LogP contribution is 2.14. The SMILES string of the molecule is CCOC(OCC)C(=O)c1cc(F)ccc1C. The Hall–Kier alpha value is -1.26. The zero-order valence-electron chi connectivity index (χ0n) is 10.3. The highest BCUT2D eigenvalue weighted by molar-refractivity contribution is 5.99. The summed E-state index contributed by atoms with van der Waals surface area (Å²) in [5.74, 6) is -0.781. The van der Waals surface area contributed by atoms with Crippen molar-refractivity contribution in [2.24, 2.45) is 0 Å². The van der Waals surface area contributed by atoms with E-state index in [2.05, 4.69) is 0 Å². The highest BCUT2D eigenvalue weighted by Gasteiger charge is 2.22. The molecule has 3 nitrogen and oxygen atoms in total. The first-order chi connectivity index (χ1) is 8.10. The predicted molar refractivity (Wildman–Crippen MR) is 62.5 cm³/mol. The van der Waals surface area contributed by atoms with E-state index in [0.29, 0.717) is 24.3 Å². The summed E-state index contributed by atoms with van der Waals surface area (Å²) in [7, 11) is 0. The minimum absolute atomic E-state index is 0.303. The standard InChI is InChI=1S/C13H17FO3/c1-4-16-13(17-5-2)12(15)11-8-10(14)7-6-9(11)3/h6-8,13H,4-5H2,1-3H3. The molecule has 1 rings (SSSR count). The van der Waals surface area contributed by atoms with Gasteiger partial charge in [0, 0.05) is 18.8 Å². The van der Waals surface area contributed by atoms with E-state index in [1.165, 1.54) is 12.1 Å². The Balaban J connectivity index is 2.95. The first-order valence-electron chi connectivity index (χ1n) is 5.63. The van der Waals surface area contributed by atoms with Gasteiger partial charge in [-0.15, -0.1) is 0 Å². The molecule has 0 saturated heterocycles. The Labute approximate surface area is 101 Å². The van der Waals surface area contributed by atoms with E-state index in [0.717, 1.165) is 0 Å². The lowest BCUT2D eigenvalue weighted by Crippen LogP contribution is -2.28. The largest absolute Gasteiger partial charge is 0.346 e. The number of ether oxygens (including phenoxy) is 2. The van der Waals surface area contributed by atoms with Crippen molar-refractivity contribution in [2.45, 2.75) is 27.1 Å². The lowest BCUT2D eigenvalue weighted by atomic mass is 10.0. The first-order valence-corrected chi connectivity index (χ1v) is 5.63. The Morgan fingerprint density at radius 1 is 1.29 bits per heavy atom. The number of aryl methyl sites for hydroxylation is 1. The zero-order valence-corrected chi connectivity index (χ0v) is 10.3. The fraction of sp³-hybridized carbons (Fsp3) is 0.462. The van der Waals surface area contributed by atoms with Crippen molar-refractivity contribution in [3.63, 3.8) is 0 Å². The molecule has 0 N–H and O–H groups in total. The van der Waals surface area contributed by atoms with Crippen molar-refractivity contribution in [1.29, 1.82) is 0 Å². The van der Waals surface area contributed by atoms with Crippen LogP contribution < -0.4 is 0 Å². The molecule has 0 radical (unpaired) electrons. The molecule has 0 amide bonds. The maximum atomic E-state index is 13.1. The molecule has 1 aromatic rings. The van der Waals surface area contributed by atoms with Gasteiger partial charge in [0.1, 0.15) is 5.82 Å². The first kappa shape index (κ1) is 13.8. The maximum absolute atomic E-state index is 13.1. The summed E-state index contributed by atoms with van der Waals surface area (Å²) in [4.78, 5) is 12.1. The number of hydrogen-bond donors (Lipinski definition) is 0.